The Morgan fingerprint density at radius 3 is 2.42 bits per heavy atom. The molecule has 0 unspecified atom stereocenters. The van der Waals surface area contributed by atoms with Crippen molar-refractivity contribution in [3.63, 3.8) is 0 Å². The van der Waals surface area contributed by atoms with Crippen molar-refractivity contribution >= 4 is 23.0 Å². The Kier molecular flexibility index (Phi) is 5.80. The molecule has 0 fully saturated rings. The van der Waals surface area contributed by atoms with Gasteiger partial charge in [0.15, 0.2) is 11.5 Å². The molecule has 6 nitrogen and oxygen atoms in total. The zero-order valence-electron chi connectivity index (χ0n) is 16.6. The van der Waals surface area contributed by atoms with Gasteiger partial charge in [-0.25, -0.2) is 4.79 Å². The Hall–Kier alpha value is -4.32. The molecule has 31 heavy (non-hydrogen) atoms. The van der Waals surface area contributed by atoms with Gasteiger partial charge in [0.25, 0.3) is 0 Å². The molecule has 0 saturated heterocycles. The van der Waals surface area contributed by atoms with Gasteiger partial charge >= 0.3 is 5.97 Å². The fourth-order valence-corrected chi connectivity index (χ4v) is 2.93. The standard InChI is InChI=1S/C25H18O6/c1-28-20-9-5-6-10-21(20)31-23-16-29-22-15-18(12-13-19(22)25(23)27)30-24(26)14-11-17-7-3-2-4-8-17/h2-16H,1H3/b14-11+. The van der Waals surface area contributed by atoms with Gasteiger partial charge in [-0.2, -0.15) is 0 Å². The van der Waals surface area contributed by atoms with Crippen molar-refractivity contribution in [1.29, 1.82) is 0 Å². The maximum atomic E-state index is 12.8. The minimum absolute atomic E-state index is 0.0209. The lowest BCUT2D eigenvalue weighted by Gasteiger charge is -2.09. The topological polar surface area (TPSA) is 75.0 Å². The van der Waals surface area contributed by atoms with Crippen LogP contribution < -0.4 is 19.6 Å². The van der Waals surface area contributed by atoms with Crippen molar-refractivity contribution in [2.24, 2.45) is 0 Å². The molecule has 0 bridgehead atoms. The van der Waals surface area contributed by atoms with Gasteiger partial charge in [-0.1, -0.05) is 42.5 Å². The molecular weight excluding hydrogens is 396 g/mol. The summed E-state index contributed by atoms with van der Waals surface area (Å²) in [5.41, 5.74) is 0.801. The summed E-state index contributed by atoms with van der Waals surface area (Å²) in [7, 11) is 1.52. The van der Waals surface area contributed by atoms with Crippen molar-refractivity contribution in [2.75, 3.05) is 7.11 Å². The molecule has 4 rings (SSSR count). The van der Waals surface area contributed by atoms with Crippen LogP contribution >= 0.6 is 0 Å². The number of esters is 1. The van der Waals surface area contributed by atoms with Gasteiger partial charge in [-0.05, 0) is 35.9 Å². The number of hydrogen-bond acceptors (Lipinski definition) is 6. The second kappa shape index (κ2) is 9.00. The summed E-state index contributed by atoms with van der Waals surface area (Å²) in [5, 5.41) is 0.298. The maximum absolute atomic E-state index is 12.8. The van der Waals surface area contributed by atoms with Crippen molar-refractivity contribution in [3.05, 3.63) is 101 Å². The molecule has 0 N–H and O–H groups in total. The number of benzene rings is 3. The highest BCUT2D eigenvalue weighted by molar-refractivity contribution is 5.89. The number of fused-ring (bicyclic) bond motifs is 1. The average molecular weight is 414 g/mol. The van der Waals surface area contributed by atoms with Crippen LogP contribution in [-0.4, -0.2) is 13.1 Å². The lowest BCUT2D eigenvalue weighted by molar-refractivity contribution is -0.128. The third-order valence-electron chi connectivity index (χ3n) is 4.43. The monoisotopic (exact) mass is 414 g/mol. The van der Waals surface area contributed by atoms with E-state index >= 15 is 0 Å². The average Bonchev–Trinajstić information content (AvgIpc) is 2.80. The van der Waals surface area contributed by atoms with Crippen LogP contribution in [0.2, 0.25) is 0 Å². The van der Waals surface area contributed by atoms with E-state index in [9.17, 15) is 9.59 Å². The summed E-state index contributed by atoms with van der Waals surface area (Å²) in [6.07, 6.45) is 4.21. The third kappa shape index (κ3) is 4.64. The molecule has 0 saturated carbocycles. The molecule has 0 aliphatic rings. The van der Waals surface area contributed by atoms with Crippen LogP contribution in [0.15, 0.2) is 94.3 Å². The molecule has 0 atom stereocenters. The summed E-state index contributed by atoms with van der Waals surface area (Å²) in [6.45, 7) is 0. The lowest BCUT2D eigenvalue weighted by Crippen LogP contribution is -2.07. The molecule has 0 radical (unpaired) electrons. The van der Waals surface area contributed by atoms with Crippen LogP contribution in [-0.2, 0) is 4.79 Å². The Bertz CT molecular complexity index is 1300. The molecule has 0 amide bonds. The van der Waals surface area contributed by atoms with E-state index in [1.54, 1.807) is 30.3 Å². The van der Waals surface area contributed by atoms with Gasteiger partial charge < -0.3 is 18.6 Å². The minimum Gasteiger partial charge on any atom is -0.493 e. The molecular formula is C25H18O6. The highest BCUT2D eigenvalue weighted by Crippen LogP contribution is 2.30. The lowest BCUT2D eigenvalue weighted by atomic mass is 10.2. The van der Waals surface area contributed by atoms with E-state index < -0.39 is 5.97 Å². The predicted octanol–water partition coefficient (Wildman–Crippen LogP) is 5.21. The smallest absolute Gasteiger partial charge is 0.336 e. The summed E-state index contributed by atoms with van der Waals surface area (Å²) < 4.78 is 21.8. The fourth-order valence-electron chi connectivity index (χ4n) is 2.93. The first kappa shape index (κ1) is 20.0. The van der Waals surface area contributed by atoms with E-state index in [-0.39, 0.29) is 22.5 Å². The van der Waals surface area contributed by atoms with Gasteiger partial charge in [0.05, 0.1) is 12.5 Å². The molecule has 1 aromatic heterocycles. The Labute approximate surface area is 177 Å². The van der Waals surface area contributed by atoms with E-state index in [4.69, 9.17) is 18.6 Å². The number of carbonyl (C=O) groups is 1. The summed E-state index contributed by atoms with van der Waals surface area (Å²) in [6, 6.07) is 20.9. The van der Waals surface area contributed by atoms with Gasteiger partial charge in [0.1, 0.15) is 17.6 Å². The van der Waals surface area contributed by atoms with Crippen molar-refractivity contribution < 1.29 is 23.4 Å². The highest BCUT2D eigenvalue weighted by Gasteiger charge is 2.13. The fraction of sp³-hybridized carbons (Fsp3) is 0.0400. The van der Waals surface area contributed by atoms with Gasteiger partial charge in [-0.3, -0.25) is 4.79 Å². The van der Waals surface area contributed by atoms with E-state index in [0.29, 0.717) is 16.9 Å². The second-order valence-electron chi connectivity index (χ2n) is 6.51. The molecule has 6 heteroatoms. The van der Waals surface area contributed by atoms with E-state index in [0.717, 1.165) is 5.56 Å². The quantitative estimate of drug-likeness (QED) is 0.245. The van der Waals surface area contributed by atoms with Crippen molar-refractivity contribution in [3.8, 4) is 23.0 Å². The highest BCUT2D eigenvalue weighted by atomic mass is 16.5. The molecule has 1 heterocycles. The van der Waals surface area contributed by atoms with Gasteiger partial charge in [0, 0.05) is 12.1 Å². The molecule has 4 aromatic rings. The zero-order chi connectivity index (χ0) is 21.6. The number of methoxy groups -OCH3 is 1. The summed E-state index contributed by atoms with van der Waals surface area (Å²) in [4.78, 5) is 24.9. The number of ether oxygens (including phenoxy) is 3. The van der Waals surface area contributed by atoms with E-state index in [1.165, 1.54) is 37.6 Å². The Morgan fingerprint density at radius 1 is 0.903 bits per heavy atom. The Morgan fingerprint density at radius 2 is 1.65 bits per heavy atom. The predicted molar refractivity (Wildman–Crippen MR) is 117 cm³/mol. The first-order valence-corrected chi connectivity index (χ1v) is 9.45. The van der Waals surface area contributed by atoms with Crippen LogP contribution in [0.4, 0.5) is 0 Å². The second-order valence-corrected chi connectivity index (χ2v) is 6.51. The molecule has 0 spiro atoms. The van der Waals surface area contributed by atoms with Crippen LogP contribution in [0.3, 0.4) is 0 Å². The van der Waals surface area contributed by atoms with Crippen molar-refractivity contribution in [2.45, 2.75) is 0 Å². The zero-order valence-corrected chi connectivity index (χ0v) is 16.6. The normalized spacial score (nSPS) is 10.9. The van der Waals surface area contributed by atoms with Crippen LogP contribution in [0, 0.1) is 0 Å². The van der Waals surface area contributed by atoms with E-state index in [2.05, 4.69) is 0 Å². The minimum atomic E-state index is -0.540. The van der Waals surface area contributed by atoms with Crippen LogP contribution in [0.1, 0.15) is 5.56 Å². The van der Waals surface area contributed by atoms with E-state index in [1.807, 2.05) is 30.3 Å². The first-order valence-electron chi connectivity index (χ1n) is 9.45. The van der Waals surface area contributed by atoms with Gasteiger partial charge in [0.2, 0.25) is 11.2 Å². The third-order valence-corrected chi connectivity index (χ3v) is 4.43. The molecule has 3 aromatic carbocycles. The maximum Gasteiger partial charge on any atom is 0.336 e. The molecule has 0 aliphatic heterocycles. The SMILES string of the molecule is COc1ccccc1Oc1coc2cc(OC(=O)/C=C/c3ccccc3)ccc2c1=O. The number of carbonyl (C=O) groups excluding carboxylic acids is 1. The molecule has 154 valence electrons. The van der Waals surface area contributed by atoms with Gasteiger partial charge in [-0.15, -0.1) is 0 Å². The number of rotatable bonds is 6. The van der Waals surface area contributed by atoms with Crippen LogP contribution in [0.5, 0.6) is 23.0 Å². The van der Waals surface area contributed by atoms with Crippen LogP contribution in [0.25, 0.3) is 17.0 Å². The number of para-hydroxylation sites is 2. The first-order chi connectivity index (χ1) is 15.1. The Balaban J connectivity index is 1.54. The summed E-state index contributed by atoms with van der Waals surface area (Å²) in [5.74, 6) is 0.631. The number of hydrogen-bond donors (Lipinski definition) is 0. The largest absolute Gasteiger partial charge is 0.493 e. The summed E-state index contributed by atoms with van der Waals surface area (Å²) >= 11 is 0. The molecule has 0 aliphatic carbocycles. The van der Waals surface area contributed by atoms with Crippen molar-refractivity contribution in [1.82, 2.24) is 0 Å².